The molecule has 0 bridgehead atoms. The highest BCUT2D eigenvalue weighted by molar-refractivity contribution is 7.80. The molecule has 20 heavy (non-hydrogen) atoms. The summed E-state index contributed by atoms with van der Waals surface area (Å²) in [6, 6.07) is 8.15. The van der Waals surface area contributed by atoms with Crippen molar-refractivity contribution < 1.29 is 9.47 Å². The van der Waals surface area contributed by atoms with Gasteiger partial charge in [-0.2, -0.15) is 0 Å². The minimum Gasteiger partial charge on any atom is -0.497 e. The van der Waals surface area contributed by atoms with Gasteiger partial charge in [-0.25, -0.2) is 0 Å². The van der Waals surface area contributed by atoms with Crippen molar-refractivity contribution in [3.63, 3.8) is 0 Å². The molecule has 5 heteroatoms. The Morgan fingerprint density at radius 3 is 2.80 bits per heavy atom. The largest absolute Gasteiger partial charge is 0.497 e. The molecule has 0 amide bonds. The van der Waals surface area contributed by atoms with Gasteiger partial charge in [0.2, 0.25) is 0 Å². The van der Waals surface area contributed by atoms with Gasteiger partial charge in [0.05, 0.1) is 19.3 Å². The Kier molecular flexibility index (Phi) is 5.61. The maximum Gasteiger partial charge on any atom is 0.166 e. The Balaban J connectivity index is 1.77. The summed E-state index contributed by atoms with van der Waals surface area (Å²) >= 11 is 5.31. The van der Waals surface area contributed by atoms with Crippen molar-refractivity contribution in [2.75, 3.05) is 20.3 Å². The summed E-state index contributed by atoms with van der Waals surface area (Å²) in [5, 5.41) is 7.17. The Labute approximate surface area is 125 Å². The van der Waals surface area contributed by atoms with Crippen molar-refractivity contribution in [1.29, 1.82) is 0 Å². The maximum absolute atomic E-state index is 5.55. The molecule has 2 atom stereocenters. The lowest BCUT2D eigenvalue weighted by Crippen LogP contribution is -2.40. The number of ether oxygens (including phenoxy) is 2. The molecular weight excluding hydrogens is 272 g/mol. The smallest absolute Gasteiger partial charge is 0.166 e. The van der Waals surface area contributed by atoms with E-state index in [0.29, 0.717) is 11.2 Å². The average molecular weight is 294 g/mol. The quantitative estimate of drug-likeness (QED) is 0.816. The van der Waals surface area contributed by atoms with E-state index in [2.05, 4.69) is 17.6 Å². The Bertz CT molecular complexity index is 430. The van der Waals surface area contributed by atoms with Crippen LogP contribution in [0, 0.1) is 0 Å². The number of rotatable bonds is 5. The summed E-state index contributed by atoms with van der Waals surface area (Å²) in [6.07, 6.45) is 2.56. The van der Waals surface area contributed by atoms with Gasteiger partial charge in [0, 0.05) is 13.2 Å². The van der Waals surface area contributed by atoms with Crippen LogP contribution in [-0.4, -0.2) is 31.5 Å². The van der Waals surface area contributed by atoms with Crippen LogP contribution in [0.15, 0.2) is 24.3 Å². The van der Waals surface area contributed by atoms with Crippen LogP contribution in [0.2, 0.25) is 0 Å². The fraction of sp³-hybridized carbons (Fsp3) is 0.533. The Hall–Kier alpha value is -1.33. The van der Waals surface area contributed by atoms with Crippen molar-refractivity contribution in [3.05, 3.63) is 29.8 Å². The molecule has 1 aromatic rings. The zero-order valence-electron chi connectivity index (χ0n) is 12.0. The predicted molar refractivity (Wildman–Crippen MR) is 84.1 cm³/mol. The fourth-order valence-electron chi connectivity index (χ4n) is 2.24. The molecule has 0 spiro atoms. The zero-order chi connectivity index (χ0) is 14.4. The van der Waals surface area contributed by atoms with Gasteiger partial charge in [-0.15, -0.1) is 0 Å². The van der Waals surface area contributed by atoms with Crippen LogP contribution in [0.3, 0.4) is 0 Å². The lowest BCUT2D eigenvalue weighted by Gasteiger charge is -2.19. The van der Waals surface area contributed by atoms with Crippen LogP contribution in [0.5, 0.6) is 5.75 Å². The van der Waals surface area contributed by atoms with Gasteiger partial charge in [-0.05, 0) is 49.7 Å². The maximum atomic E-state index is 5.55. The molecule has 2 unspecified atom stereocenters. The first kappa shape index (κ1) is 15.1. The molecule has 4 nitrogen and oxygen atoms in total. The normalized spacial score (nSPS) is 19.4. The molecule has 0 saturated carbocycles. The van der Waals surface area contributed by atoms with Gasteiger partial charge in [-0.3, -0.25) is 0 Å². The summed E-state index contributed by atoms with van der Waals surface area (Å²) in [4.78, 5) is 0. The van der Waals surface area contributed by atoms with Crippen LogP contribution in [0.25, 0.3) is 0 Å². The summed E-state index contributed by atoms with van der Waals surface area (Å²) in [5.74, 6) is 0.861. The third-order valence-corrected chi connectivity index (χ3v) is 3.74. The van der Waals surface area contributed by atoms with Gasteiger partial charge in [0.1, 0.15) is 5.75 Å². The highest BCUT2D eigenvalue weighted by Gasteiger charge is 2.15. The molecule has 1 aliphatic heterocycles. The van der Waals surface area contributed by atoms with E-state index in [0.717, 1.165) is 31.7 Å². The van der Waals surface area contributed by atoms with E-state index < -0.39 is 0 Å². The number of benzene rings is 1. The Morgan fingerprint density at radius 2 is 2.20 bits per heavy atom. The van der Waals surface area contributed by atoms with Crippen LogP contribution in [0.4, 0.5) is 0 Å². The van der Waals surface area contributed by atoms with Crippen molar-refractivity contribution in [3.8, 4) is 5.75 Å². The summed E-state index contributed by atoms with van der Waals surface area (Å²) in [6.45, 7) is 3.73. The van der Waals surface area contributed by atoms with Crippen molar-refractivity contribution in [1.82, 2.24) is 10.6 Å². The van der Waals surface area contributed by atoms with E-state index in [1.807, 2.05) is 24.3 Å². The van der Waals surface area contributed by atoms with Crippen LogP contribution in [-0.2, 0) is 4.74 Å². The number of methoxy groups -OCH3 is 1. The SMILES string of the molecule is COc1ccc(C(C)NC(=S)NCC2CCCO2)cc1. The molecule has 1 aliphatic rings. The molecular formula is C15H22N2O2S. The van der Waals surface area contributed by atoms with Crippen LogP contribution in [0.1, 0.15) is 31.4 Å². The second-order valence-electron chi connectivity index (χ2n) is 4.98. The van der Waals surface area contributed by atoms with Gasteiger partial charge in [-0.1, -0.05) is 12.1 Å². The Morgan fingerprint density at radius 1 is 1.45 bits per heavy atom. The first-order valence-electron chi connectivity index (χ1n) is 6.99. The van der Waals surface area contributed by atoms with Crippen molar-refractivity contribution in [2.45, 2.75) is 31.9 Å². The predicted octanol–water partition coefficient (Wildman–Crippen LogP) is 2.40. The van der Waals surface area contributed by atoms with E-state index >= 15 is 0 Å². The molecule has 1 saturated heterocycles. The summed E-state index contributed by atoms with van der Waals surface area (Å²) < 4.78 is 10.7. The van der Waals surface area contributed by atoms with Gasteiger partial charge >= 0.3 is 0 Å². The highest BCUT2D eigenvalue weighted by Crippen LogP contribution is 2.17. The van der Waals surface area contributed by atoms with Crippen LogP contribution >= 0.6 is 12.2 Å². The minimum atomic E-state index is 0.158. The lowest BCUT2D eigenvalue weighted by atomic mass is 10.1. The van der Waals surface area contributed by atoms with Gasteiger partial charge < -0.3 is 20.1 Å². The van der Waals surface area contributed by atoms with E-state index in [1.54, 1.807) is 7.11 Å². The van der Waals surface area contributed by atoms with E-state index in [-0.39, 0.29) is 6.04 Å². The highest BCUT2D eigenvalue weighted by atomic mass is 32.1. The molecule has 2 N–H and O–H groups in total. The van der Waals surface area contributed by atoms with E-state index in [1.165, 1.54) is 5.56 Å². The first-order valence-corrected chi connectivity index (χ1v) is 7.40. The third-order valence-electron chi connectivity index (χ3n) is 3.48. The molecule has 1 heterocycles. The number of thiocarbonyl (C=S) groups is 1. The van der Waals surface area contributed by atoms with E-state index in [9.17, 15) is 0 Å². The van der Waals surface area contributed by atoms with Gasteiger partial charge in [0.15, 0.2) is 5.11 Å². The molecule has 0 radical (unpaired) electrons. The third kappa shape index (κ3) is 4.35. The topological polar surface area (TPSA) is 42.5 Å². The first-order chi connectivity index (χ1) is 9.69. The molecule has 0 aliphatic carbocycles. The fourth-order valence-corrected chi connectivity index (χ4v) is 2.50. The molecule has 2 rings (SSSR count). The van der Waals surface area contributed by atoms with Crippen molar-refractivity contribution >= 4 is 17.3 Å². The number of nitrogens with one attached hydrogen (secondary N) is 2. The minimum absolute atomic E-state index is 0.158. The second-order valence-corrected chi connectivity index (χ2v) is 5.39. The zero-order valence-corrected chi connectivity index (χ0v) is 12.8. The summed E-state index contributed by atoms with van der Waals surface area (Å²) in [5.41, 5.74) is 1.17. The van der Waals surface area contributed by atoms with Crippen LogP contribution < -0.4 is 15.4 Å². The molecule has 0 aromatic heterocycles. The molecule has 1 fully saturated rings. The molecule has 1 aromatic carbocycles. The number of hydrogen-bond donors (Lipinski definition) is 2. The van der Waals surface area contributed by atoms with E-state index in [4.69, 9.17) is 21.7 Å². The average Bonchev–Trinajstić information content (AvgIpc) is 2.98. The lowest BCUT2D eigenvalue weighted by molar-refractivity contribution is 0.114. The number of hydrogen-bond acceptors (Lipinski definition) is 3. The standard InChI is InChI=1S/C15H22N2O2S/c1-11(12-5-7-13(18-2)8-6-12)17-15(20)16-10-14-4-3-9-19-14/h5-8,11,14H,3-4,9-10H2,1-2H3,(H2,16,17,20). The molecule has 110 valence electrons. The van der Waals surface area contributed by atoms with Gasteiger partial charge in [0.25, 0.3) is 0 Å². The monoisotopic (exact) mass is 294 g/mol. The summed E-state index contributed by atoms with van der Waals surface area (Å²) in [7, 11) is 1.67. The van der Waals surface area contributed by atoms with Crippen molar-refractivity contribution in [2.24, 2.45) is 0 Å². The second kappa shape index (κ2) is 7.45.